The van der Waals surface area contributed by atoms with Gasteiger partial charge in [-0.05, 0) is 19.8 Å². The first-order valence-corrected chi connectivity index (χ1v) is 10.3. The molecule has 0 bridgehead atoms. The first kappa shape index (κ1) is 21.9. The number of aliphatic imine (C=N–C) groups is 1. The second-order valence-electron chi connectivity index (χ2n) is 5.60. The number of unbranched alkanes of at least 4 members (excludes halogenated alkanes) is 1. The van der Waals surface area contributed by atoms with Crippen LogP contribution in [0.5, 0.6) is 0 Å². The van der Waals surface area contributed by atoms with Crippen molar-refractivity contribution in [3.05, 3.63) is 16.1 Å². The third-order valence-electron chi connectivity index (χ3n) is 3.44. The molecule has 0 atom stereocenters. The van der Waals surface area contributed by atoms with Crippen LogP contribution in [0.15, 0.2) is 10.4 Å². The Kier molecular flexibility index (Phi) is 13.2. The molecule has 1 aromatic heterocycles. The standard InChI is InChI=1S/C18H34N4O2S/c1-4-7-11-23-13-14-24-12-10-21-18(19-6-3)20-9-8-16-15-25-17(5-2)22-16/h15H,4-14H2,1-3H3,(H2,19,20,21). The van der Waals surface area contributed by atoms with Crippen LogP contribution in [0.2, 0.25) is 0 Å². The molecule has 1 rings (SSSR count). The average Bonchev–Trinajstić information content (AvgIpc) is 3.08. The van der Waals surface area contributed by atoms with E-state index in [0.29, 0.717) is 26.4 Å². The molecule has 25 heavy (non-hydrogen) atoms. The Morgan fingerprint density at radius 2 is 1.92 bits per heavy atom. The first-order valence-electron chi connectivity index (χ1n) is 9.41. The lowest BCUT2D eigenvalue weighted by molar-refractivity contribution is 0.0497. The topological polar surface area (TPSA) is 67.8 Å². The van der Waals surface area contributed by atoms with Crippen LogP contribution >= 0.6 is 11.3 Å². The Labute approximate surface area is 156 Å². The van der Waals surface area contributed by atoms with Gasteiger partial charge in [-0.25, -0.2) is 4.98 Å². The van der Waals surface area contributed by atoms with E-state index in [1.54, 1.807) is 11.3 Å². The maximum Gasteiger partial charge on any atom is 0.191 e. The molecule has 0 unspecified atom stereocenters. The summed E-state index contributed by atoms with van der Waals surface area (Å²) in [4.78, 5) is 9.10. The molecule has 0 spiro atoms. The largest absolute Gasteiger partial charge is 0.379 e. The summed E-state index contributed by atoms with van der Waals surface area (Å²) < 4.78 is 11.0. The van der Waals surface area contributed by atoms with Gasteiger partial charge in [0.2, 0.25) is 0 Å². The van der Waals surface area contributed by atoms with Gasteiger partial charge < -0.3 is 20.1 Å². The molecular formula is C18H34N4O2S. The Morgan fingerprint density at radius 3 is 2.60 bits per heavy atom. The molecule has 0 amide bonds. The number of ether oxygens (including phenoxy) is 2. The quantitative estimate of drug-likeness (QED) is 0.299. The molecule has 0 saturated carbocycles. The monoisotopic (exact) mass is 370 g/mol. The zero-order chi connectivity index (χ0) is 18.2. The second-order valence-corrected chi connectivity index (χ2v) is 6.54. The minimum absolute atomic E-state index is 0.611. The van der Waals surface area contributed by atoms with E-state index in [0.717, 1.165) is 57.0 Å². The summed E-state index contributed by atoms with van der Waals surface area (Å²) in [6, 6.07) is 0. The highest BCUT2D eigenvalue weighted by Crippen LogP contribution is 2.10. The number of guanidine groups is 1. The molecular weight excluding hydrogens is 336 g/mol. The van der Waals surface area contributed by atoms with Crippen molar-refractivity contribution in [3.63, 3.8) is 0 Å². The van der Waals surface area contributed by atoms with E-state index in [4.69, 9.17) is 9.47 Å². The van der Waals surface area contributed by atoms with Crippen LogP contribution in [0.25, 0.3) is 0 Å². The third kappa shape index (κ3) is 11.1. The van der Waals surface area contributed by atoms with Gasteiger partial charge in [0.1, 0.15) is 0 Å². The molecule has 1 heterocycles. The lowest BCUT2D eigenvalue weighted by Crippen LogP contribution is -2.38. The van der Waals surface area contributed by atoms with Crippen LogP contribution in [0.1, 0.15) is 44.3 Å². The van der Waals surface area contributed by atoms with Crippen molar-refractivity contribution in [3.8, 4) is 0 Å². The summed E-state index contributed by atoms with van der Waals surface area (Å²) in [5.74, 6) is 0.830. The van der Waals surface area contributed by atoms with Crippen molar-refractivity contribution in [2.75, 3.05) is 46.1 Å². The van der Waals surface area contributed by atoms with E-state index in [9.17, 15) is 0 Å². The van der Waals surface area contributed by atoms with Gasteiger partial charge in [-0.3, -0.25) is 4.99 Å². The predicted molar refractivity (Wildman–Crippen MR) is 106 cm³/mol. The van der Waals surface area contributed by atoms with Crippen molar-refractivity contribution < 1.29 is 9.47 Å². The van der Waals surface area contributed by atoms with Crippen molar-refractivity contribution in [1.82, 2.24) is 15.6 Å². The Balaban J connectivity index is 2.13. The summed E-state index contributed by atoms with van der Waals surface area (Å²) in [7, 11) is 0. The lowest BCUT2D eigenvalue weighted by atomic mass is 10.3. The molecule has 1 aromatic rings. The minimum Gasteiger partial charge on any atom is -0.379 e. The smallest absolute Gasteiger partial charge is 0.191 e. The molecule has 2 N–H and O–H groups in total. The van der Waals surface area contributed by atoms with Crippen molar-refractivity contribution >= 4 is 17.3 Å². The maximum absolute atomic E-state index is 5.54. The Morgan fingerprint density at radius 1 is 1.12 bits per heavy atom. The van der Waals surface area contributed by atoms with Gasteiger partial charge in [-0.15, -0.1) is 11.3 Å². The number of aryl methyl sites for hydroxylation is 1. The first-order chi connectivity index (χ1) is 12.3. The van der Waals surface area contributed by atoms with Gasteiger partial charge in [-0.2, -0.15) is 0 Å². The van der Waals surface area contributed by atoms with E-state index in [-0.39, 0.29) is 0 Å². The highest BCUT2D eigenvalue weighted by Gasteiger charge is 2.01. The molecule has 0 aromatic carbocycles. The van der Waals surface area contributed by atoms with E-state index >= 15 is 0 Å². The molecule has 0 aliphatic carbocycles. The number of nitrogens with zero attached hydrogens (tertiary/aromatic N) is 2. The van der Waals surface area contributed by atoms with Crippen molar-refractivity contribution in [2.45, 2.75) is 46.5 Å². The van der Waals surface area contributed by atoms with Gasteiger partial charge in [0.15, 0.2) is 5.96 Å². The van der Waals surface area contributed by atoms with Crippen LogP contribution in [-0.2, 0) is 22.3 Å². The number of nitrogens with one attached hydrogen (secondary N) is 2. The number of hydrogen-bond acceptors (Lipinski definition) is 5. The molecule has 0 saturated heterocycles. The summed E-state index contributed by atoms with van der Waals surface area (Å²) in [6.07, 6.45) is 4.19. The van der Waals surface area contributed by atoms with Crippen LogP contribution < -0.4 is 10.6 Å². The van der Waals surface area contributed by atoms with Gasteiger partial charge in [0, 0.05) is 31.5 Å². The van der Waals surface area contributed by atoms with Crippen LogP contribution in [0, 0.1) is 0 Å². The molecule has 0 fully saturated rings. The van der Waals surface area contributed by atoms with Gasteiger partial charge >= 0.3 is 0 Å². The fourth-order valence-electron chi connectivity index (χ4n) is 2.07. The third-order valence-corrected chi connectivity index (χ3v) is 4.48. The van der Waals surface area contributed by atoms with Crippen molar-refractivity contribution in [2.24, 2.45) is 4.99 Å². The number of rotatable bonds is 14. The summed E-state index contributed by atoms with van der Waals surface area (Å²) >= 11 is 1.73. The van der Waals surface area contributed by atoms with Crippen LogP contribution in [0.4, 0.5) is 0 Å². The van der Waals surface area contributed by atoms with Crippen molar-refractivity contribution in [1.29, 1.82) is 0 Å². The van der Waals surface area contributed by atoms with Crippen LogP contribution in [-0.4, -0.2) is 57.0 Å². The fourth-order valence-corrected chi connectivity index (χ4v) is 2.85. The number of aromatic nitrogens is 1. The van der Waals surface area contributed by atoms with Gasteiger partial charge in [-0.1, -0.05) is 20.3 Å². The van der Waals surface area contributed by atoms with Crippen LogP contribution in [0.3, 0.4) is 0 Å². The SMILES string of the molecule is CCCCOCCOCCN=C(NCC)NCCc1csc(CC)n1. The van der Waals surface area contributed by atoms with E-state index in [1.807, 2.05) is 0 Å². The summed E-state index contributed by atoms with van der Waals surface area (Å²) in [5.41, 5.74) is 1.15. The zero-order valence-corrected chi connectivity index (χ0v) is 16.8. The molecule has 0 radical (unpaired) electrons. The normalized spacial score (nSPS) is 11.7. The molecule has 0 aliphatic rings. The Bertz CT molecular complexity index is 466. The highest BCUT2D eigenvalue weighted by atomic mass is 32.1. The lowest BCUT2D eigenvalue weighted by Gasteiger charge is -2.11. The van der Waals surface area contributed by atoms with E-state index in [2.05, 4.69) is 46.8 Å². The maximum atomic E-state index is 5.54. The fraction of sp³-hybridized carbons (Fsp3) is 0.778. The molecule has 0 aliphatic heterocycles. The second kappa shape index (κ2) is 15.1. The summed E-state index contributed by atoms with van der Waals surface area (Å²) in [5, 5.41) is 9.94. The highest BCUT2D eigenvalue weighted by molar-refractivity contribution is 7.09. The predicted octanol–water partition coefficient (Wildman–Crippen LogP) is 2.64. The minimum atomic E-state index is 0.611. The van der Waals surface area contributed by atoms with Gasteiger partial charge in [0.25, 0.3) is 0 Å². The molecule has 6 nitrogen and oxygen atoms in total. The molecule has 144 valence electrons. The van der Waals surface area contributed by atoms with E-state index < -0.39 is 0 Å². The molecule has 7 heteroatoms. The Hall–Kier alpha value is -1.18. The number of thiazole rings is 1. The average molecular weight is 371 g/mol. The summed E-state index contributed by atoms with van der Waals surface area (Å²) in [6.45, 7) is 11.4. The number of hydrogen-bond donors (Lipinski definition) is 2. The van der Waals surface area contributed by atoms with Gasteiger partial charge in [0.05, 0.1) is 37.1 Å². The van der Waals surface area contributed by atoms with E-state index in [1.165, 1.54) is 5.01 Å². The zero-order valence-electron chi connectivity index (χ0n) is 16.0.